The minimum atomic E-state index is 0.100. The van der Waals surface area contributed by atoms with Crippen molar-refractivity contribution in [3.8, 4) is 39.9 Å². The Morgan fingerprint density at radius 1 is 0.622 bits per heavy atom. The average Bonchev–Trinajstić information content (AvgIpc) is 2.89. The van der Waals surface area contributed by atoms with Crippen molar-refractivity contribution in [1.82, 2.24) is 0 Å². The minimum absolute atomic E-state index is 0.100. The Labute approximate surface area is 219 Å². The van der Waals surface area contributed by atoms with Crippen molar-refractivity contribution >= 4 is 0 Å². The summed E-state index contributed by atoms with van der Waals surface area (Å²) < 4.78 is 6.00. The largest absolute Gasteiger partial charge is 0.507 e. The summed E-state index contributed by atoms with van der Waals surface area (Å²) in [7, 11) is 0. The molecule has 4 heteroatoms. The Bertz CT molecular complexity index is 1340. The molecule has 0 aliphatic carbocycles. The summed E-state index contributed by atoms with van der Waals surface area (Å²) in [4.78, 5) is 0. The highest BCUT2D eigenvalue weighted by atomic mass is 16.5. The highest BCUT2D eigenvalue weighted by molar-refractivity contribution is 5.76. The van der Waals surface area contributed by atoms with E-state index in [2.05, 4.69) is 32.9 Å². The summed E-state index contributed by atoms with van der Waals surface area (Å²) in [6.07, 6.45) is 4.77. The van der Waals surface area contributed by atoms with Crippen molar-refractivity contribution in [2.24, 2.45) is 0 Å². The highest BCUT2D eigenvalue weighted by Gasteiger charge is 2.15. The third kappa shape index (κ3) is 6.45. The van der Waals surface area contributed by atoms with E-state index in [1.807, 2.05) is 48.5 Å². The molecule has 0 saturated carbocycles. The van der Waals surface area contributed by atoms with Crippen molar-refractivity contribution in [1.29, 1.82) is 0 Å². The molecule has 0 aromatic heterocycles. The minimum Gasteiger partial charge on any atom is -0.507 e. The molecule has 3 N–H and O–H groups in total. The fourth-order valence-corrected chi connectivity index (χ4v) is 4.70. The summed E-state index contributed by atoms with van der Waals surface area (Å²) in [5.74, 6) is 1.65. The van der Waals surface area contributed by atoms with Crippen LogP contribution >= 0.6 is 0 Å². The van der Waals surface area contributed by atoms with Crippen molar-refractivity contribution in [2.45, 2.75) is 58.8 Å². The van der Waals surface area contributed by atoms with Gasteiger partial charge in [-0.3, -0.25) is 0 Å². The zero-order valence-electron chi connectivity index (χ0n) is 21.9. The molecule has 192 valence electrons. The van der Waals surface area contributed by atoms with Gasteiger partial charge in [0.15, 0.2) is 11.5 Å². The van der Waals surface area contributed by atoms with Crippen LogP contribution in [0.3, 0.4) is 0 Å². The fourth-order valence-electron chi connectivity index (χ4n) is 4.70. The lowest BCUT2D eigenvalue weighted by atomic mass is 9.90. The molecule has 0 aliphatic heterocycles. The van der Waals surface area contributed by atoms with Crippen LogP contribution in [0.5, 0.6) is 28.7 Å². The second-order valence-electron chi connectivity index (χ2n) is 9.78. The molecule has 0 aliphatic rings. The van der Waals surface area contributed by atoms with Crippen molar-refractivity contribution in [2.75, 3.05) is 0 Å². The SMILES string of the molecule is CCCc1ccc(Oc2cc(CC(C)c3ccc(O)c(-c4cc(CCC)ccc4O)c3)ccc2O)cc1. The van der Waals surface area contributed by atoms with Crippen LogP contribution < -0.4 is 4.74 Å². The van der Waals surface area contributed by atoms with Crippen LogP contribution in [-0.4, -0.2) is 15.3 Å². The van der Waals surface area contributed by atoms with E-state index in [0.29, 0.717) is 22.6 Å². The van der Waals surface area contributed by atoms with Gasteiger partial charge in [-0.25, -0.2) is 0 Å². The molecule has 4 aromatic rings. The number of phenolic OH excluding ortho intramolecular Hbond substituents is 3. The molecular weight excluding hydrogens is 460 g/mol. The van der Waals surface area contributed by atoms with Crippen LogP contribution in [0.25, 0.3) is 11.1 Å². The number of aryl methyl sites for hydroxylation is 2. The molecule has 0 spiro atoms. The third-order valence-electron chi connectivity index (χ3n) is 6.74. The van der Waals surface area contributed by atoms with E-state index in [-0.39, 0.29) is 23.2 Å². The molecule has 37 heavy (non-hydrogen) atoms. The molecule has 0 radical (unpaired) electrons. The molecule has 1 unspecified atom stereocenters. The van der Waals surface area contributed by atoms with E-state index in [1.54, 1.807) is 18.2 Å². The lowest BCUT2D eigenvalue weighted by Crippen LogP contribution is -2.00. The van der Waals surface area contributed by atoms with Gasteiger partial charge in [0.1, 0.15) is 17.2 Å². The smallest absolute Gasteiger partial charge is 0.169 e. The Kier molecular flexibility index (Phi) is 8.39. The van der Waals surface area contributed by atoms with E-state index < -0.39 is 0 Å². The summed E-state index contributed by atoms with van der Waals surface area (Å²) in [6, 6.07) is 24.6. The molecule has 0 fully saturated rings. The van der Waals surface area contributed by atoms with Gasteiger partial charge in [-0.15, -0.1) is 0 Å². The summed E-state index contributed by atoms with van der Waals surface area (Å²) in [5.41, 5.74) is 5.74. The number of ether oxygens (including phenoxy) is 1. The lowest BCUT2D eigenvalue weighted by molar-refractivity contribution is 0.410. The first-order chi connectivity index (χ1) is 17.9. The van der Waals surface area contributed by atoms with Gasteiger partial charge < -0.3 is 20.1 Å². The Morgan fingerprint density at radius 2 is 1.19 bits per heavy atom. The van der Waals surface area contributed by atoms with Crippen molar-refractivity contribution < 1.29 is 20.1 Å². The van der Waals surface area contributed by atoms with E-state index >= 15 is 0 Å². The van der Waals surface area contributed by atoms with Crippen LogP contribution in [-0.2, 0) is 19.3 Å². The number of phenols is 3. The van der Waals surface area contributed by atoms with Gasteiger partial charge in [0.05, 0.1) is 0 Å². The zero-order chi connectivity index (χ0) is 26.4. The summed E-state index contributed by atoms with van der Waals surface area (Å²) in [5, 5.41) is 31.5. The van der Waals surface area contributed by atoms with Crippen LogP contribution in [0, 0.1) is 0 Å². The van der Waals surface area contributed by atoms with Crippen LogP contribution in [0.1, 0.15) is 61.8 Å². The van der Waals surface area contributed by atoms with Crippen molar-refractivity contribution in [3.63, 3.8) is 0 Å². The zero-order valence-corrected chi connectivity index (χ0v) is 21.9. The summed E-state index contributed by atoms with van der Waals surface area (Å²) in [6.45, 7) is 6.40. The number of hydrogen-bond donors (Lipinski definition) is 3. The van der Waals surface area contributed by atoms with Gasteiger partial charge in [0.25, 0.3) is 0 Å². The maximum absolute atomic E-state index is 10.6. The van der Waals surface area contributed by atoms with Gasteiger partial charge in [-0.1, -0.05) is 63.9 Å². The molecule has 0 amide bonds. The number of rotatable bonds is 10. The molecule has 0 bridgehead atoms. The second kappa shape index (κ2) is 11.9. The molecule has 1 atom stereocenters. The first kappa shape index (κ1) is 26.2. The van der Waals surface area contributed by atoms with E-state index in [9.17, 15) is 15.3 Å². The van der Waals surface area contributed by atoms with Gasteiger partial charge in [0, 0.05) is 11.1 Å². The van der Waals surface area contributed by atoms with Gasteiger partial charge in [-0.05, 0) is 96.0 Å². The first-order valence-corrected chi connectivity index (χ1v) is 13.1. The molecule has 4 aromatic carbocycles. The average molecular weight is 497 g/mol. The van der Waals surface area contributed by atoms with Crippen LogP contribution in [0.2, 0.25) is 0 Å². The molecule has 0 saturated heterocycles. The van der Waals surface area contributed by atoms with Crippen LogP contribution in [0.15, 0.2) is 78.9 Å². The monoisotopic (exact) mass is 496 g/mol. The normalized spacial score (nSPS) is 11.9. The van der Waals surface area contributed by atoms with Gasteiger partial charge in [-0.2, -0.15) is 0 Å². The molecule has 4 nitrogen and oxygen atoms in total. The number of hydrogen-bond acceptors (Lipinski definition) is 4. The van der Waals surface area contributed by atoms with Gasteiger partial charge in [0.2, 0.25) is 0 Å². The highest BCUT2D eigenvalue weighted by Crippen LogP contribution is 2.39. The fraction of sp³-hybridized carbons (Fsp3) is 0.273. The molecule has 0 heterocycles. The predicted octanol–water partition coefficient (Wildman–Crippen LogP) is 8.51. The van der Waals surface area contributed by atoms with E-state index in [0.717, 1.165) is 48.8 Å². The quantitative estimate of drug-likeness (QED) is 0.206. The lowest BCUT2D eigenvalue weighted by Gasteiger charge is -2.17. The number of benzene rings is 4. The Morgan fingerprint density at radius 3 is 1.89 bits per heavy atom. The van der Waals surface area contributed by atoms with Gasteiger partial charge >= 0.3 is 0 Å². The Hall–Kier alpha value is -3.92. The summed E-state index contributed by atoms with van der Waals surface area (Å²) >= 11 is 0. The molecule has 4 rings (SSSR count). The number of aromatic hydroxyl groups is 3. The van der Waals surface area contributed by atoms with E-state index in [4.69, 9.17) is 4.74 Å². The van der Waals surface area contributed by atoms with Crippen LogP contribution in [0.4, 0.5) is 0 Å². The van der Waals surface area contributed by atoms with E-state index in [1.165, 1.54) is 5.56 Å². The maximum Gasteiger partial charge on any atom is 0.169 e. The maximum atomic E-state index is 10.6. The molecular formula is C33H36O4. The topological polar surface area (TPSA) is 69.9 Å². The van der Waals surface area contributed by atoms with Crippen molar-refractivity contribution in [3.05, 3.63) is 101 Å². The predicted molar refractivity (Wildman–Crippen MR) is 150 cm³/mol. The standard InChI is InChI=1S/C33H36O4/c1-4-6-23-8-13-27(14-9-23)37-33-20-25(11-16-32(33)36)18-22(3)26-12-17-31(35)29(21-26)28-19-24(7-5-2)10-15-30(28)34/h8-17,19-22,34-36H,4-7,18H2,1-3H3. The third-order valence-corrected chi connectivity index (χ3v) is 6.74. The first-order valence-electron chi connectivity index (χ1n) is 13.1. The second-order valence-corrected chi connectivity index (χ2v) is 9.78. The Balaban J connectivity index is 1.54.